The van der Waals surface area contributed by atoms with E-state index >= 15 is 0 Å². The first kappa shape index (κ1) is 16.9. The summed E-state index contributed by atoms with van der Waals surface area (Å²) in [6.07, 6.45) is 1.51. The van der Waals surface area contributed by atoms with Gasteiger partial charge in [-0.3, -0.25) is 0 Å². The smallest absolute Gasteiger partial charge is 0.146 e. The molecule has 0 atom stereocenters. The highest BCUT2D eigenvalue weighted by Crippen LogP contribution is 2.25. The number of ether oxygens (including phenoxy) is 2. The zero-order valence-corrected chi connectivity index (χ0v) is 12.4. The lowest BCUT2D eigenvalue weighted by Crippen LogP contribution is -2.31. The molecule has 0 heterocycles. The normalized spacial score (nSPS) is 10.8. The van der Waals surface area contributed by atoms with E-state index in [9.17, 15) is 4.39 Å². The molecule has 114 valence electrons. The van der Waals surface area contributed by atoms with Crippen LogP contribution in [-0.2, 0) is 15.9 Å². The number of para-hydroxylation sites is 1. The van der Waals surface area contributed by atoms with Gasteiger partial charge in [0.05, 0.1) is 12.3 Å². The Morgan fingerprint density at radius 3 is 2.55 bits per heavy atom. The van der Waals surface area contributed by atoms with E-state index in [1.165, 1.54) is 6.07 Å². The first-order valence-electron chi connectivity index (χ1n) is 6.94. The molecule has 5 heteroatoms. The Hall–Kier alpha value is -1.17. The zero-order valence-electron chi connectivity index (χ0n) is 12.4. The van der Waals surface area contributed by atoms with Crippen LogP contribution in [0.25, 0.3) is 0 Å². The second kappa shape index (κ2) is 9.69. The molecule has 4 nitrogen and oxygen atoms in total. The molecule has 1 aromatic rings. The molecule has 0 radical (unpaired) electrons. The van der Waals surface area contributed by atoms with E-state index in [4.69, 9.17) is 15.2 Å². The molecule has 2 N–H and O–H groups in total. The maximum absolute atomic E-state index is 14.2. The fraction of sp³-hybridized carbons (Fsp3) is 0.600. The summed E-state index contributed by atoms with van der Waals surface area (Å²) in [4.78, 5) is 2.02. The molecule has 0 bridgehead atoms. The van der Waals surface area contributed by atoms with E-state index in [1.807, 2.05) is 11.0 Å². The van der Waals surface area contributed by atoms with Crippen molar-refractivity contribution in [3.05, 3.63) is 29.6 Å². The number of benzene rings is 1. The van der Waals surface area contributed by atoms with Crippen molar-refractivity contribution in [1.29, 1.82) is 0 Å². The molecule has 0 saturated carbocycles. The Labute approximate surface area is 120 Å². The van der Waals surface area contributed by atoms with Crippen LogP contribution < -0.4 is 10.6 Å². The molecule has 20 heavy (non-hydrogen) atoms. The highest BCUT2D eigenvalue weighted by molar-refractivity contribution is 5.55. The predicted molar refractivity (Wildman–Crippen MR) is 79.7 cm³/mol. The Kier molecular flexibility index (Phi) is 8.18. The first-order valence-corrected chi connectivity index (χ1v) is 6.94. The largest absolute Gasteiger partial charge is 0.385 e. The predicted octanol–water partition coefficient (Wildman–Crippen LogP) is 1.82. The standard InChI is InChI=1S/C15H25FN2O2/c1-19-11-4-9-18(10-12-20-2)15-13(7-8-17)5-3-6-14(15)16/h3,5-6H,4,7-12,17H2,1-2H3. The van der Waals surface area contributed by atoms with Crippen LogP contribution in [0.5, 0.6) is 0 Å². The van der Waals surface area contributed by atoms with E-state index in [0.717, 1.165) is 18.5 Å². The molecule has 0 aromatic heterocycles. The minimum absolute atomic E-state index is 0.204. The van der Waals surface area contributed by atoms with Crippen molar-refractivity contribution in [3.63, 3.8) is 0 Å². The molecule has 0 saturated heterocycles. The number of hydrogen-bond donors (Lipinski definition) is 1. The van der Waals surface area contributed by atoms with Crippen molar-refractivity contribution < 1.29 is 13.9 Å². The van der Waals surface area contributed by atoms with Crippen LogP contribution in [0.4, 0.5) is 10.1 Å². The van der Waals surface area contributed by atoms with Crippen molar-refractivity contribution in [1.82, 2.24) is 0 Å². The lowest BCUT2D eigenvalue weighted by Gasteiger charge is -2.27. The van der Waals surface area contributed by atoms with Gasteiger partial charge in [0.25, 0.3) is 0 Å². The van der Waals surface area contributed by atoms with E-state index < -0.39 is 0 Å². The van der Waals surface area contributed by atoms with Crippen LogP contribution in [0, 0.1) is 5.82 Å². The quantitative estimate of drug-likeness (QED) is 0.666. The Morgan fingerprint density at radius 1 is 1.15 bits per heavy atom. The number of halogens is 1. The van der Waals surface area contributed by atoms with E-state index in [2.05, 4.69) is 0 Å². The minimum atomic E-state index is -0.204. The van der Waals surface area contributed by atoms with E-state index in [1.54, 1.807) is 20.3 Å². The molecule has 0 fully saturated rings. The lowest BCUT2D eigenvalue weighted by molar-refractivity contribution is 0.191. The number of hydrogen-bond acceptors (Lipinski definition) is 4. The van der Waals surface area contributed by atoms with Gasteiger partial charge in [0, 0.05) is 33.9 Å². The molecular weight excluding hydrogens is 259 g/mol. The Bertz CT molecular complexity index is 388. The van der Waals surface area contributed by atoms with Crippen molar-refractivity contribution in [2.45, 2.75) is 12.8 Å². The second-order valence-electron chi connectivity index (χ2n) is 4.61. The molecular formula is C15H25FN2O2. The van der Waals surface area contributed by atoms with Crippen molar-refractivity contribution in [3.8, 4) is 0 Å². The zero-order chi connectivity index (χ0) is 14.8. The number of anilines is 1. The third kappa shape index (κ3) is 5.07. The van der Waals surface area contributed by atoms with Gasteiger partial charge in [-0.1, -0.05) is 12.1 Å². The highest BCUT2D eigenvalue weighted by Gasteiger charge is 2.15. The van der Waals surface area contributed by atoms with Crippen LogP contribution in [-0.4, -0.2) is 47.1 Å². The summed E-state index contributed by atoms with van der Waals surface area (Å²) in [6.45, 7) is 3.11. The fourth-order valence-electron chi connectivity index (χ4n) is 2.21. The maximum atomic E-state index is 14.2. The van der Waals surface area contributed by atoms with Crippen molar-refractivity contribution in [2.75, 3.05) is 52.0 Å². The van der Waals surface area contributed by atoms with E-state index in [-0.39, 0.29) is 5.82 Å². The number of nitrogens with two attached hydrogens (primary N) is 1. The summed E-state index contributed by atoms with van der Waals surface area (Å²) in [6, 6.07) is 5.15. The molecule has 0 spiro atoms. The van der Waals surface area contributed by atoms with Gasteiger partial charge in [0.15, 0.2) is 0 Å². The van der Waals surface area contributed by atoms with Crippen LogP contribution in [0.2, 0.25) is 0 Å². The average molecular weight is 284 g/mol. The van der Waals surface area contributed by atoms with Crippen LogP contribution >= 0.6 is 0 Å². The molecule has 0 amide bonds. The number of methoxy groups -OCH3 is 2. The summed E-state index contributed by atoms with van der Waals surface area (Å²) in [5, 5.41) is 0. The summed E-state index contributed by atoms with van der Waals surface area (Å²) >= 11 is 0. The van der Waals surface area contributed by atoms with Crippen LogP contribution in [0.1, 0.15) is 12.0 Å². The molecule has 0 unspecified atom stereocenters. The maximum Gasteiger partial charge on any atom is 0.146 e. The molecule has 1 rings (SSSR count). The van der Waals surface area contributed by atoms with Gasteiger partial charge in [-0.25, -0.2) is 4.39 Å². The van der Waals surface area contributed by atoms with Gasteiger partial charge in [-0.2, -0.15) is 0 Å². The number of nitrogens with zero attached hydrogens (tertiary/aromatic N) is 1. The van der Waals surface area contributed by atoms with Gasteiger partial charge in [0.1, 0.15) is 5.82 Å². The SMILES string of the molecule is COCCCN(CCOC)c1c(F)cccc1CCN. The summed E-state index contributed by atoms with van der Waals surface area (Å²) in [5.41, 5.74) is 7.21. The third-order valence-electron chi connectivity index (χ3n) is 3.14. The highest BCUT2D eigenvalue weighted by atomic mass is 19.1. The monoisotopic (exact) mass is 284 g/mol. The summed E-state index contributed by atoms with van der Waals surface area (Å²) in [5.74, 6) is -0.204. The van der Waals surface area contributed by atoms with Crippen LogP contribution in [0.3, 0.4) is 0 Å². The molecule has 1 aromatic carbocycles. The van der Waals surface area contributed by atoms with Gasteiger partial charge in [-0.05, 0) is 31.0 Å². The lowest BCUT2D eigenvalue weighted by atomic mass is 10.1. The first-order chi connectivity index (χ1) is 9.74. The average Bonchev–Trinajstić information content (AvgIpc) is 2.44. The fourth-order valence-corrected chi connectivity index (χ4v) is 2.21. The Morgan fingerprint density at radius 2 is 1.90 bits per heavy atom. The Balaban J connectivity index is 2.91. The van der Waals surface area contributed by atoms with E-state index in [0.29, 0.717) is 38.4 Å². The topological polar surface area (TPSA) is 47.7 Å². The third-order valence-corrected chi connectivity index (χ3v) is 3.14. The van der Waals surface area contributed by atoms with Gasteiger partial charge in [0.2, 0.25) is 0 Å². The molecule has 0 aliphatic rings. The number of rotatable bonds is 10. The second-order valence-corrected chi connectivity index (χ2v) is 4.61. The van der Waals surface area contributed by atoms with Crippen molar-refractivity contribution in [2.24, 2.45) is 5.73 Å². The minimum Gasteiger partial charge on any atom is -0.385 e. The van der Waals surface area contributed by atoms with Gasteiger partial charge >= 0.3 is 0 Å². The summed E-state index contributed by atoms with van der Waals surface area (Å²) < 4.78 is 24.4. The van der Waals surface area contributed by atoms with Crippen LogP contribution in [0.15, 0.2) is 18.2 Å². The van der Waals surface area contributed by atoms with Gasteiger partial charge in [-0.15, -0.1) is 0 Å². The summed E-state index contributed by atoms with van der Waals surface area (Å²) in [7, 11) is 3.32. The van der Waals surface area contributed by atoms with Crippen molar-refractivity contribution >= 4 is 5.69 Å². The molecule has 0 aliphatic heterocycles. The van der Waals surface area contributed by atoms with Gasteiger partial charge < -0.3 is 20.1 Å². The molecule has 0 aliphatic carbocycles.